The van der Waals surface area contributed by atoms with Crippen molar-refractivity contribution in [2.24, 2.45) is 58.2 Å². The summed E-state index contributed by atoms with van der Waals surface area (Å²) in [6, 6.07) is 28.5. The predicted molar refractivity (Wildman–Crippen MR) is 437 cm³/mol. The molecule has 24 nitrogen and oxygen atoms in total. The summed E-state index contributed by atoms with van der Waals surface area (Å²) in [6.45, 7) is 18.0. The molecule has 3 aliphatic heterocycles. The van der Waals surface area contributed by atoms with E-state index < -0.39 is 78.9 Å². The zero-order valence-electron chi connectivity index (χ0n) is 68.9. The van der Waals surface area contributed by atoms with Crippen molar-refractivity contribution < 1.29 is 97.4 Å². The number of benzene rings is 4. The van der Waals surface area contributed by atoms with Gasteiger partial charge in [-0.05, 0) is 204 Å². The molecule has 0 aromatic heterocycles. The van der Waals surface area contributed by atoms with Crippen LogP contribution in [-0.2, 0) is 81.3 Å². The lowest BCUT2D eigenvalue weighted by molar-refractivity contribution is -0.200. The van der Waals surface area contributed by atoms with E-state index in [1.165, 1.54) is 22.1 Å². The van der Waals surface area contributed by atoms with Crippen molar-refractivity contribution in [1.29, 1.82) is 0 Å². The average Bonchev–Trinajstić information content (AvgIpc) is 1.51. The van der Waals surface area contributed by atoms with Crippen LogP contribution in [0.15, 0.2) is 145 Å². The molecular weight excluding hydrogens is 1480 g/mol. The second-order valence-corrected chi connectivity index (χ2v) is 33.5. The maximum absolute atomic E-state index is 13.3. The molecule has 1 unspecified atom stereocenters. The number of aromatic hydroxyl groups is 1. The van der Waals surface area contributed by atoms with E-state index >= 15 is 0 Å². The molecule has 6 aliphatic carbocycles. The second-order valence-electron chi connectivity index (χ2n) is 33.5. The fourth-order valence-electron chi connectivity index (χ4n) is 19.6. The molecule has 0 radical (unpaired) electrons. The Kier molecular flexibility index (Phi) is 31.4. The van der Waals surface area contributed by atoms with Crippen LogP contribution in [0.25, 0.3) is 0 Å². The number of carbonyl (C=O) groups excluding carboxylic acids is 7. The summed E-state index contributed by atoms with van der Waals surface area (Å²) in [5.74, 6) is -0.269. The second kappa shape index (κ2) is 40.6. The highest BCUT2D eigenvalue weighted by Crippen LogP contribution is 2.70. The Morgan fingerprint density at radius 2 is 1.59 bits per heavy atom. The number of hydrogen-bond acceptors (Lipinski definition) is 21. The maximum atomic E-state index is 13.3. The molecule has 4 aromatic rings. The number of phenols is 1. The van der Waals surface area contributed by atoms with Crippen LogP contribution < -0.4 is 25.6 Å². The van der Waals surface area contributed by atoms with Gasteiger partial charge < -0.3 is 69.7 Å². The number of carboxylic acid groups (broad SMARTS) is 1. The molecule has 13 rings (SSSR count). The summed E-state index contributed by atoms with van der Waals surface area (Å²) in [6.07, 6.45) is 20.8. The highest BCUT2D eigenvalue weighted by molar-refractivity contribution is 6.02. The number of rotatable bonds is 28. The Bertz CT molecular complexity index is 4180. The number of aryl methyl sites for hydroxylation is 2. The first-order chi connectivity index (χ1) is 55.5. The van der Waals surface area contributed by atoms with Crippen molar-refractivity contribution >= 4 is 59.1 Å². The summed E-state index contributed by atoms with van der Waals surface area (Å²) in [5, 5.41) is 69.5. The van der Waals surface area contributed by atoms with Gasteiger partial charge in [0.1, 0.15) is 42.9 Å². The van der Waals surface area contributed by atoms with Gasteiger partial charge in [-0.3, -0.25) is 48.6 Å². The fraction of sp³-hybridized carbons (Fsp3) is 0.565. The number of carbonyl (C=O) groups is 8. The minimum absolute atomic E-state index is 0.0125. The molecule has 0 spiro atoms. The van der Waals surface area contributed by atoms with Crippen molar-refractivity contribution in [3.05, 3.63) is 167 Å². The van der Waals surface area contributed by atoms with Crippen LogP contribution in [0.4, 0.5) is 11.4 Å². The van der Waals surface area contributed by atoms with Crippen molar-refractivity contribution in [2.45, 2.75) is 238 Å². The van der Waals surface area contributed by atoms with E-state index in [1.807, 2.05) is 93.6 Å². The molecule has 4 aromatic carbocycles. The van der Waals surface area contributed by atoms with Gasteiger partial charge in [-0.2, -0.15) is 0 Å². The highest BCUT2D eigenvalue weighted by atomic mass is 16.7. The lowest BCUT2D eigenvalue weighted by Crippen LogP contribution is -2.63. The molecule has 2 amide bonds. The van der Waals surface area contributed by atoms with E-state index in [1.54, 1.807) is 50.5 Å². The molecule has 21 atom stereocenters. The molecule has 3 saturated carbocycles. The zero-order valence-corrected chi connectivity index (χ0v) is 68.9. The summed E-state index contributed by atoms with van der Waals surface area (Å²) in [7, 11) is 1.64. The first-order valence-corrected chi connectivity index (χ1v) is 41.7. The standard InChI is InChI=1S/C25H34O6.C24H28N2O5.C24H36O5.C19H24N2O4/c1-4-5-21-30-20-11-17-16-7-6-14-10-15(27)8-9-23(14,2)22(16)18(28)12-24(17,3)25(20,31-21)19(29)13-26;1-2-31-24(30)20(14-12-17-8-4-3-5-9-17)25-19-15-13-18-10-6-7-11-21(18)26(23(19)29)16-22(27)28;1-5-15(3)24(27)29-21-11-14(2)10-17-7-6-16(4)20(23(17)21)9-8-19-12-18(25)13-22(26)28-19;1-13(9-14-3-6-16(25-2)7-4-14)20-11-19(24)15-5-8-18(23)17(10-15)21-12-22/h8-10,16-18,20-22,26,28H,4-7,11-13H2,1-3H3;3-11,19-20,25H,2,12-16H2,1H3,(H,27,28);6-7,10,14-16,18-21,23,25H,5,8-9,11-13H2,1-4H3;3-8,10,12-13,19-20,23-24H,9,11H2,1-2H3,(H,21,22)/t16-,17-,18-,20+,21?,22+,23-,24-,25+;19-,20-;14-,15-,16-,18+,19+,20-,21-,23-;13-,19+/m0001/s1. The van der Waals surface area contributed by atoms with Crippen LogP contribution in [-0.4, -0.2) is 172 Å². The number of aliphatic carboxylic acids is 1. The van der Waals surface area contributed by atoms with Crippen LogP contribution >= 0.6 is 0 Å². The minimum atomic E-state index is -1.20. The number of nitrogens with one attached hydrogen (secondary N) is 3. The summed E-state index contributed by atoms with van der Waals surface area (Å²) >= 11 is 0. The number of methoxy groups -OCH3 is 1. The topological polar surface area (TPSA) is 353 Å². The number of anilines is 2. The van der Waals surface area contributed by atoms with Gasteiger partial charge in [0.05, 0.1) is 62.2 Å². The maximum Gasteiger partial charge on any atom is 0.323 e. The fourth-order valence-corrected chi connectivity index (χ4v) is 19.6. The normalized spacial score (nSPS) is 30.3. The molecule has 9 N–H and O–H groups in total. The number of aliphatic hydroxyl groups excluding tert-OH is 4. The summed E-state index contributed by atoms with van der Waals surface area (Å²) < 4.78 is 34.5. The van der Waals surface area contributed by atoms with Gasteiger partial charge in [0.2, 0.25) is 12.3 Å². The van der Waals surface area contributed by atoms with Crippen LogP contribution in [0.5, 0.6) is 11.5 Å². The lowest BCUT2D eigenvalue weighted by Gasteiger charge is -2.59. The van der Waals surface area contributed by atoms with Crippen molar-refractivity contribution in [3.63, 3.8) is 0 Å². The van der Waals surface area contributed by atoms with Gasteiger partial charge >= 0.3 is 23.9 Å². The van der Waals surface area contributed by atoms with E-state index in [-0.39, 0.29) is 107 Å². The van der Waals surface area contributed by atoms with E-state index in [4.69, 9.17) is 28.4 Å². The largest absolute Gasteiger partial charge is 0.506 e. The predicted octanol–water partition coefficient (Wildman–Crippen LogP) is 11.7. The number of carboxylic acids is 1. The molecule has 2 saturated heterocycles. The molecule has 630 valence electrons. The minimum Gasteiger partial charge on any atom is -0.506 e. The first-order valence-electron chi connectivity index (χ1n) is 41.7. The number of allylic oxidation sites excluding steroid dienone is 7. The lowest BCUT2D eigenvalue weighted by atomic mass is 9.46. The Hall–Kier alpha value is -8.72. The molecule has 5 fully saturated rings. The van der Waals surface area contributed by atoms with Gasteiger partial charge in [-0.25, -0.2) is 0 Å². The zero-order chi connectivity index (χ0) is 83.8. The van der Waals surface area contributed by atoms with Gasteiger partial charge in [0, 0.05) is 47.4 Å². The molecule has 9 aliphatic rings. The first kappa shape index (κ1) is 89.6. The van der Waals surface area contributed by atoms with Crippen molar-refractivity contribution in [2.75, 3.05) is 43.6 Å². The van der Waals surface area contributed by atoms with E-state index in [0.717, 1.165) is 73.8 Å². The summed E-state index contributed by atoms with van der Waals surface area (Å²) in [5.41, 5.74) is 4.91. The number of aliphatic hydroxyl groups is 4. The SMILES string of the molecule is CCCC1O[C@@H]2C[C@H]3[C@@H]4CCC5=CC(=O)C=C[C@]5(C)[C@H]4[C@@H](O)C[C@]3(C)[C@]2(C(=O)CO)O1.CCOC(=O)[C@H](CCc1ccccc1)N[C@H]1CCc2ccccc2N(CC(=O)O)C1=O.CC[C@H](C)C(=O)O[C@H]1C[C@@H](C)C=C2C=C[C@H](C)[C@H](CC[C@@H]3C[C@@H](O)CC(=O)O3)[C@H]21.COc1ccc(C[C@@H](C)NC[C@H](O)c2ccc(O)c(NC=O)c2)cc1. The monoisotopic (exact) mass is 1600 g/mol. The number of esters is 3. The van der Waals surface area contributed by atoms with E-state index in [2.05, 4.69) is 68.8 Å². The number of Topliss-reactive ketones (excluding diaryl/α,β-unsaturated/α-hetero) is 1. The van der Waals surface area contributed by atoms with Gasteiger partial charge in [-0.1, -0.05) is 151 Å². The third-order valence-corrected chi connectivity index (χ3v) is 25.7. The number of ether oxygens (including phenoxy) is 6. The molecule has 0 bridgehead atoms. The third kappa shape index (κ3) is 21.0. The number of ketones is 2. The van der Waals surface area contributed by atoms with Crippen LogP contribution in [0.2, 0.25) is 0 Å². The van der Waals surface area contributed by atoms with E-state index in [0.29, 0.717) is 93.3 Å². The van der Waals surface area contributed by atoms with Gasteiger partial charge in [0.15, 0.2) is 23.5 Å². The van der Waals surface area contributed by atoms with Crippen LogP contribution in [0.3, 0.4) is 0 Å². The van der Waals surface area contributed by atoms with Gasteiger partial charge in [0.25, 0.3) is 0 Å². The number of cyclic esters (lactones) is 1. The quantitative estimate of drug-likeness (QED) is 0.0110. The number of amides is 2. The van der Waals surface area contributed by atoms with Crippen LogP contribution in [0, 0.1) is 58.2 Å². The molecular formula is C92H122N4O20. The molecule has 116 heavy (non-hydrogen) atoms. The third-order valence-electron chi connectivity index (χ3n) is 25.7. The summed E-state index contributed by atoms with van der Waals surface area (Å²) in [4.78, 5) is 98.6. The number of nitrogens with zero attached hydrogens (tertiary/aromatic N) is 1. The number of phenolic OH excluding ortho intramolecular Hbond substituents is 1. The highest BCUT2D eigenvalue weighted by Gasteiger charge is 2.76. The Balaban J connectivity index is 0.000000164. The number of hydrogen-bond donors (Lipinski definition) is 9. The molecule has 24 heteroatoms. The Labute approximate surface area is 682 Å². The van der Waals surface area contributed by atoms with E-state index in [9.17, 15) is 69.0 Å². The number of fused-ring (bicyclic) bond motifs is 9. The molecule has 3 heterocycles. The van der Waals surface area contributed by atoms with Gasteiger partial charge in [-0.15, -0.1) is 0 Å². The Morgan fingerprint density at radius 1 is 0.853 bits per heavy atom. The smallest absolute Gasteiger partial charge is 0.323 e. The van der Waals surface area contributed by atoms with Crippen molar-refractivity contribution in [1.82, 2.24) is 10.6 Å². The van der Waals surface area contributed by atoms with Crippen LogP contribution in [0.1, 0.15) is 181 Å². The average molecular weight is 1600 g/mol. The Morgan fingerprint density at radius 3 is 2.28 bits per heavy atom. The number of para-hydroxylation sites is 1. The van der Waals surface area contributed by atoms with Crippen molar-refractivity contribution in [3.8, 4) is 11.5 Å².